The summed E-state index contributed by atoms with van der Waals surface area (Å²) in [6.07, 6.45) is 0.711. The van der Waals surface area contributed by atoms with Crippen LogP contribution in [0.1, 0.15) is 48.8 Å². The van der Waals surface area contributed by atoms with E-state index < -0.39 is 4.92 Å². The molecule has 0 spiro atoms. The molecule has 3 aromatic rings. The van der Waals surface area contributed by atoms with Crippen LogP contribution in [0.4, 0.5) is 15.9 Å². The number of piperazine rings is 1. The van der Waals surface area contributed by atoms with Gasteiger partial charge in [0.25, 0.3) is 11.6 Å². The Bertz CT molecular complexity index is 1300. The summed E-state index contributed by atoms with van der Waals surface area (Å²) < 4.78 is 16.0. The number of likely N-dealkylation sites (N-methyl/N-ethyl adjacent to an activating group) is 1. The molecule has 1 aromatic heterocycles. The fourth-order valence-corrected chi connectivity index (χ4v) is 4.86. The van der Waals surface area contributed by atoms with E-state index in [0.29, 0.717) is 12.1 Å². The Hall–Kier alpha value is -3.79. The predicted octanol–water partition coefficient (Wildman–Crippen LogP) is 4.81. The highest BCUT2D eigenvalue weighted by Crippen LogP contribution is 2.31. The van der Waals surface area contributed by atoms with Gasteiger partial charge in [0.15, 0.2) is 0 Å². The summed E-state index contributed by atoms with van der Waals surface area (Å²) in [6, 6.07) is 12.1. The largest absolute Gasteiger partial charge is 0.354 e. The van der Waals surface area contributed by atoms with Crippen LogP contribution in [0.25, 0.3) is 5.69 Å². The van der Waals surface area contributed by atoms with Crippen molar-refractivity contribution in [3.63, 3.8) is 0 Å². The van der Waals surface area contributed by atoms with Gasteiger partial charge in [-0.25, -0.2) is 9.07 Å². The highest BCUT2D eigenvalue weighted by molar-refractivity contribution is 5.95. The van der Waals surface area contributed by atoms with Crippen molar-refractivity contribution in [1.29, 1.82) is 0 Å². The number of non-ortho nitro benzene ring substituents is 1. The van der Waals surface area contributed by atoms with Crippen LogP contribution >= 0.6 is 0 Å². The number of nitro benzene ring substituents is 1. The molecule has 1 saturated heterocycles. The number of carbonyl (C=O) groups is 1. The molecule has 1 aliphatic heterocycles. The van der Waals surface area contributed by atoms with E-state index in [9.17, 15) is 19.3 Å². The van der Waals surface area contributed by atoms with Gasteiger partial charge < -0.3 is 14.7 Å². The lowest BCUT2D eigenvalue weighted by molar-refractivity contribution is -0.384. The van der Waals surface area contributed by atoms with Gasteiger partial charge in [-0.1, -0.05) is 26.0 Å². The summed E-state index contributed by atoms with van der Waals surface area (Å²) in [6.45, 7) is 12.6. The Morgan fingerprint density at radius 3 is 2.47 bits per heavy atom. The van der Waals surface area contributed by atoms with Gasteiger partial charge in [0.1, 0.15) is 11.6 Å². The van der Waals surface area contributed by atoms with E-state index in [0.717, 1.165) is 49.8 Å². The minimum Gasteiger partial charge on any atom is -0.354 e. The number of hydrogen-bond acceptors (Lipinski definition) is 6. The van der Waals surface area contributed by atoms with E-state index in [1.807, 2.05) is 26.8 Å². The number of anilines is 1. The molecule has 0 bridgehead atoms. The first-order valence-electron chi connectivity index (χ1n) is 13.1. The second-order valence-electron chi connectivity index (χ2n) is 9.70. The molecule has 1 aliphatic rings. The Morgan fingerprint density at radius 2 is 1.84 bits per heavy atom. The molecule has 1 amide bonds. The van der Waals surface area contributed by atoms with Crippen LogP contribution in [0.15, 0.2) is 48.5 Å². The fourth-order valence-electron chi connectivity index (χ4n) is 4.86. The molecule has 0 aliphatic carbocycles. The third-order valence-corrected chi connectivity index (χ3v) is 7.35. The van der Waals surface area contributed by atoms with Crippen LogP contribution in [0.5, 0.6) is 0 Å². The number of aromatic nitrogens is 2. The number of hydrogen-bond donors (Lipinski definition) is 0. The number of rotatable bonds is 9. The predicted molar refractivity (Wildman–Crippen MR) is 145 cm³/mol. The number of nitro groups is 1. The number of nitrogens with zero attached hydrogens (tertiary/aromatic N) is 6. The topological polar surface area (TPSA) is 87.8 Å². The highest BCUT2D eigenvalue weighted by Gasteiger charge is 2.30. The second-order valence-corrected chi connectivity index (χ2v) is 9.70. The molecule has 0 unspecified atom stereocenters. The van der Waals surface area contributed by atoms with Crippen LogP contribution in [0.3, 0.4) is 0 Å². The number of carbonyl (C=O) groups excluding carboxylic acids is 1. The average molecular weight is 523 g/mol. The van der Waals surface area contributed by atoms with Crippen LogP contribution in [0.2, 0.25) is 0 Å². The van der Waals surface area contributed by atoms with Crippen molar-refractivity contribution in [2.24, 2.45) is 0 Å². The van der Waals surface area contributed by atoms with Gasteiger partial charge in [-0.3, -0.25) is 14.9 Å². The molecule has 202 valence electrons. The van der Waals surface area contributed by atoms with E-state index in [-0.39, 0.29) is 35.6 Å². The van der Waals surface area contributed by atoms with E-state index in [4.69, 9.17) is 5.10 Å². The smallest absolute Gasteiger partial charge is 0.270 e. The molecule has 10 heteroatoms. The van der Waals surface area contributed by atoms with Crippen molar-refractivity contribution < 1.29 is 14.1 Å². The molecular weight excluding hydrogens is 487 g/mol. The zero-order valence-electron chi connectivity index (χ0n) is 22.4. The first-order chi connectivity index (χ1) is 18.2. The second kappa shape index (κ2) is 11.7. The van der Waals surface area contributed by atoms with Crippen LogP contribution in [0, 0.1) is 22.9 Å². The third kappa shape index (κ3) is 5.70. The normalized spacial score (nSPS) is 14.9. The number of halogens is 1. The Kier molecular flexibility index (Phi) is 8.41. The first kappa shape index (κ1) is 27.3. The minimum absolute atomic E-state index is 0.121. The Labute approximate surface area is 222 Å². The summed E-state index contributed by atoms with van der Waals surface area (Å²) in [5, 5.41) is 16.1. The summed E-state index contributed by atoms with van der Waals surface area (Å²) in [5.41, 5.74) is 2.41. The average Bonchev–Trinajstić information content (AvgIpc) is 3.26. The SMILES string of the molecule is CC[C@@H](C)N(Cc1c(C)nn(-c2cccc(F)c2)c1N1CCN(CC)CC1)C(=O)c1cccc([N+](=O)[O-])c1. The quantitative estimate of drug-likeness (QED) is 0.296. The van der Waals surface area contributed by atoms with Crippen molar-refractivity contribution in [2.45, 2.75) is 46.7 Å². The summed E-state index contributed by atoms with van der Waals surface area (Å²) in [7, 11) is 0. The van der Waals surface area contributed by atoms with Gasteiger partial charge in [0, 0.05) is 55.5 Å². The standard InChI is InChI=1S/C28H35FN6O3/c1-5-20(3)33(28(36)22-9-7-12-25(17-22)35(37)38)19-26-21(4)30-34(24-11-8-10-23(29)18-24)27(26)32-15-13-31(6-2)14-16-32/h7-12,17-18,20H,5-6,13-16,19H2,1-4H3/t20-/m1/s1. The van der Waals surface area contributed by atoms with E-state index in [2.05, 4.69) is 16.7 Å². The van der Waals surface area contributed by atoms with E-state index in [1.54, 1.807) is 21.7 Å². The van der Waals surface area contributed by atoms with Crippen molar-refractivity contribution >= 4 is 17.4 Å². The molecule has 2 aromatic carbocycles. The fraction of sp³-hybridized carbons (Fsp3) is 0.429. The van der Waals surface area contributed by atoms with Crippen LogP contribution < -0.4 is 4.90 Å². The number of aryl methyl sites for hydroxylation is 1. The van der Waals surface area contributed by atoms with Crippen molar-refractivity contribution in [1.82, 2.24) is 19.6 Å². The summed E-state index contributed by atoms with van der Waals surface area (Å²) in [5.74, 6) is 0.229. The van der Waals surface area contributed by atoms with Gasteiger partial charge in [0.05, 0.1) is 22.8 Å². The summed E-state index contributed by atoms with van der Waals surface area (Å²) >= 11 is 0. The van der Waals surface area contributed by atoms with E-state index in [1.165, 1.54) is 30.3 Å². The maximum Gasteiger partial charge on any atom is 0.270 e. The first-order valence-corrected chi connectivity index (χ1v) is 13.1. The number of amides is 1. The van der Waals surface area contributed by atoms with Gasteiger partial charge >= 0.3 is 0 Å². The molecule has 38 heavy (non-hydrogen) atoms. The Morgan fingerprint density at radius 1 is 1.13 bits per heavy atom. The molecule has 0 N–H and O–H groups in total. The lowest BCUT2D eigenvalue weighted by Crippen LogP contribution is -2.47. The zero-order chi connectivity index (χ0) is 27.4. The lowest BCUT2D eigenvalue weighted by atomic mass is 10.1. The Balaban J connectivity index is 1.77. The third-order valence-electron chi connectivity index (χ3n) is 7.35. The monoisotopic (exact) mass is 522 g/mol. The molecule has 9 nitrogen and oxygen atoms in total. The van der Waals surface area contributed by atoms with Crippen LogP contribution in [-0.2, 0) is 6.54 Å². The highest BCUT2D eigenvalue weighted by atomic mass is 19.1. The van der Waals surface area contributed by atoms with Gasteiger partial charge in [0.2, 0.25) is 0 Å². The molecule has 4 rings (SSSR count). The van der Waals surface area contributed by atoms with Crippen molar-refractivity contribution in [2.75, 3.05) is 37.6 Å². The molecule has 1 fully saturated rings. The molecule has 1 atom stereocenters. The molecule has 0 saturated carbocycles. The minimum atomic E-state index is -0.494. The van der Waals surface area contributed by atoms with Gasteiger partial charge in [-0.15, -0.1) is 0 Å². The maximum absolute atomic E-state index is 14.2. The maximum atomic E-state index is 14.2. The molecule has 0 radical (unpaired) electrons. The lowest BCUT2D eigenvalue weighted by Gasteiger charge is -2.37. The van der Waals surface area contributed by atoms with Gasteiger partial charge in [-0.2, -0.15) is 5.10 Å². The molecule has 2 heterocycles. The van der Waals surface area contributed by atoms with E-state index >= 15 is 0 Å². The number of benzene rings is 2. The van der Waals surface area contributed by atoms with Crippen molar-refractivity contribution in [3.8, 4) is 5.69 Å². The van der Waals surface area contributed by atoms with Crippen molar-refractivity contribution in [3.05, 3.63) is 81.3 Å². The summed E-state index contributed by atoms with van der Waals surface area (Å²) in [4.78, 5) is 31.0. The van der Waals surface area contributed by atoms with Crippen LogP contribution in [-0.4, -0.2) is 69.2 Å². The van der Waals surface area contributed by atoms with Gasteiger partial charge in [-0.05, 0) is 51.1 Å². The molecular formula is C28H35FN6O3. The zero-order valence-corrected chi connectivity index (χ0v) is 22.4.